The van der Waals surface area contributed by atoms with Gasteiger partial charge < -0.3 is 20.1 Å². The Labute approximate surface area is 166 Å². The minimum absolute atomic E-state index is 0.267. The van der Waals surface area contributed by atoms with Crippen molar-refractivity contribution in [1.29, 1.82) is 0 Å². The highest BCUT2D eigenvalue weighted by molar-refractivity contribution is 5.95. The van der Waals surface area contributed by atoms with E-state index < -0.39 is 12.0 Å². The molecule has 0 spiro atoms. The third-order valence-electron chi connectivity index (χ3n) is 5.36. The van der Waals surface area contributed by atoms with Crippen molar-refractivity contribution in [1.82, 2.24) is 15.5 Å². The monoisotopic (exact) mass is 387 g/mol. The van der Waals surface area contributed by atoms with Gasteiger partial charge >= 0.3 is 12.0 Å². The molecule has 1 atom stereocenters. The molecule has 2 amide bonds. The van der Waals surface area contributed by atoms with Crippen molar-refractivity contribution in [3.05, 3.63) is 41.1 Å². The number of urea groups is 1. The Hall–Kier alpha value is -2.54. The molecule has 1 saturated heterocycles. The van der Waals surface area contributed by atoms with Gasteiger partial charge in [-0.25, -0.2) is 9.59 Å². The zero-order valence-electron chi connectivity index (χ0n) is 16.8. The molecule has 28 heavy (non-hydrogen) atoms. The first kappa shape index (κ1) is 20.2. The van der Waals surface area contributed by atoms with Crippen LogP contribution in [0.3, 0.4) is 0 Å². The average Bonchev–Trinajstić information content (AvgIpc) is 2.69. The van der Waals surface area contributed by atoms with Crippen molar-refractivity contribution in [3.8, 4) is 5.75 Å². The van der Waals surface area contributed by atoms with Crippen LogP contribution < -0.4 is 15.4 Å². The fourth-order valence-corrected chi connectivity index (χ4v) is 3.77. The molecule has 0 radical (unpaired) electrons. The van der Waals surface area contributed by atoms with E-state index in [0.717, 1.165) is 31.5 Å². The molecule has 7 heteroatoms. The maximum atomic E-state index is 12.9. The molecular formula is C21H29N3O4. The predicted octanol–water partition coefficient (Wildman–Crippen LogP) is 2.60. The molecule has 3 rings (SSSR count). The van der Waals surface area contributed by atoms with E-state index in [1.54, 1.807) is 14.0 Å². The van der Waals surface area contributed by atoms with Gasteiger partial charge in [-0.05, 0) is 44.8 Å². The van der Waals surface area contributed by atoms with E-state index in [-0.39, 0.29) is 12.6 Å². The number of nitrogens with one attached hydrogen (secondary N) is 2. The molecule has 2 N–H and O–H groups in total. The molecule has 0 bridgehead atoms. The molecule has 1 unspecified atom stereocenters. The number of para-hydroxylation sites is 1. The normalized spacial score (nSPS) is 21.1. The van der Waals surface area contributed by atoms with Crippen LogP contribution in [-0.2, 0) is 9.53 Å². The van der Waals surface area contributed by atoms with Crippen LogP contribution in [0.15, 0.2) is 35.5 Å². The predicted molar refractivity (Wildman–Crippen MR) is 106 cm³/mol. The topological polar surface area (TPSA) is 79.9 Å². The Kier molecular flexibility index (Phi) is 6.57. The number of likely N-dealkylation sites (tertiary alicyclic amines) is 1. The third-order valence-corrected chi connectivity index (χ3v) is 5.36. The minimum atomic E-state index is -0.623. The first-order valence-corrected chi connectivity index (χ1v) is 9.86. The van der Waals surface area contributed by atoms with Crippen LogP contribution in [0.1, 0.15) is 38.3 Å². The van der Waals surface area contributed by atoms with Gasteiger partial charge in [-0.15, -0.1) is 0 Å². The zero-order chi connectivity index (χ0) is 20.1. The number of hydrogen-bond donors (Lipinski definition) is 2. The van der Waals surface area contributed by atoms with Crippen molar-refractivity contribution in [2.24, 2.45) is 5.92 Å². The largest absolute Gasteiger partial charge is 0.496 e. The summed E-state index contributed by atoms with van der Waals surface area (Å²) in [5.74, 6) is 0.896. The molecule has 0 saturated carbocycles. The number of ether oxygens (including phenoxy) is 2. The number of piperidine rings is 1. The third kappa shape index (κ3) is 4.47. The second-order valence-corrected chi connectivity index (χ2v) is 7.34. The summed E-state index contributed by atoms with van der Waals surface area (Å²) in [7, 11) is 1.57. The lowest BCUT2D eigenvalue weighted by atomic mass is 9.93. The first-order chi connectivity index (χ1) is 13.5. The SMILES string of the molecule is CCOC(=O)C1=C(CN2CCC(C)CC2)NC(=O)NC1c1ccccc1OC. The number of methoxy groups -OCH3 is 1. The highest BCUT2D eigenvalue weighted by Crippen LogP contribution is 2.34. The fraction of sp³-hybridized carbons (Fsp3) is 0.524. The van der Waals surface area contributed by atoms with Gasteiger partial charge in [-0.1, -0.05) is 25.1 Å². The molecule has 2 aliphatic rings. The number of carbonyl (C=O) groups is 2. The van der Waals surface area contributed by atoms with Crippen LogP contribution in [-0.4, -0.2) is 50.3 Å². The lowest BCUT2D eigenvalue weighted by Crippen LogP contribution is -2.49. The van der Waals surface area contributed by atoms with E-state index in [1.165, 1.54) is 0 Å². The molecule has 1 aromatic rings. The molecule has 2 aliphatic heterocycles. The lowest BCUT2D eigenvalue weighted by Gasteiger charge is -2.35. The Morgan fingerprint density at radius 3 is 2.64 bits per heavy atom. The molecule has 152 valence electrons. The number of rotatable bonds is 6. The second-order valence-electron chi connectivity index (χ2n) is 7.34. The number of esters is 1. The summed E-state index contributed by atoms with van der Waals surface area (Å²) in [5, 5.41) is 5.71. The Bertz CT molecular complexity index is 754. The summed E-state index contributed by atoms with van der Waals surface area (Å²) in [6.07, 6.45) is 2.23. The Morgan fingerprint density at radius 2 is 1.96 bits per heavy atom. The van der Waals surface area contributed by atoms with Gasteiger partial charge in [-0.3, -0.25) is 4.90 Å². The highest BCUT2D eigenvalue weighted by Gasteiger charge is 2.35. The average molecular weight is 387 g/mol. The van der Waals surface area contributed by atoms with E-state index in [9.17, 15) is 9.59 Å². The Morgan fingerprint density at radius 1 is 1.25 bits per heavy atom. The van der Waals surface area contributed by atoms with Gasteiger partial charge in [-0.2, -0.15) is 0 Å². The smallest absolute Gasteiger partial charge is 0.338 e. The summed E-state index contributed by atoms with van der Waals surface area (Å²) in [4.78, 5) is 27.5. The number of amides is 2. The number of benzene rings is 1. The van der Waals surface area contributed by atoms with Gasteiger partial charge in [0.2, 0.25) is 0 Å². The minimum Gasteiger partial charge on any atom is -0.496 e. The van der Waals surface area contributed by atoms with Crippen molar-refractivity contribution in [2.75, 3.05) is 33.4 Å². The maximum Gasteiger partial charge on any atom is 0.338 e. The van der Waals surface area contributed by atoms with Crippen LogP contribution in [0, 0.1) is 5.92 Å². The van der Waals surface area contributed by atoms with Gasteiger partial charge in [0.1, 0.15) is 5.75 Å². The van der Waals surface area contributed by atoms with Gasteiger partial charge in [0.25, 0.3) is 0 Å². The van der Waals surface area contributed by atoms with E-state index in [4.69, 9.17) is 9.47 Å². The van der Waals surface area contributed by atoms with E-state index >= 15 is 0 Å². The molecular weight excluding hydrogens is 358 g/mol. The van der Waals surface area contributed by atoms with Crippen LogP contribution in [0.5, 0.6) is 5.75 Å². The van der Waals surface area contributed by atoms with E-state index in [0.29, 0.717) is 29.5 Å². The standard InChI is InChI=1S/C21H29N3O4/c1-4-28-20(25)18-16(13-24-11-9-14(2)10-12-24)22-21(26)23-19(18)15-7-5-6-8-17(15)27-3/h5-8,14,19H,4,9-13H2,1-3H3,(H2,22,23,26). The summed E-state index contributed by atoms with van der Waals surface area (Å²) >= 11 is 0. The quantitative estimate of drug-likeness (QED) is 0.734. The van der Waals surface area contributed by atoms with Crippen molar-refractivity contribution < 1.29 is 19.1 Å². The maximum absolute atomic E-state index is 12.9. The van der Waals surface area contributed by atoms with Crippen LogP contribution in [0.4, 0.5) is 4.79 Å². The summed E-state index contributed by atoms with van der Waals surface area (Å²) in [5.41, 5.74) is 1.77. The van der Waals surface area contributed by atoms with E-state index in [1.807, 2.05) is 24.3 Å². The van der Waals surface area contributed by atoms with Crippen molar-refractivity contribution in [2.45, 2.75) is 32.7 Å². The summed E-state index contributed by atoms with van der Waals surface area (Å²) in [6, 6.07) is 6.44. The Balaban J connectivity index is 1.99. The van der Waals surface area contributed by atoms with Crippen LogP contribution in [0.2, 0.25) is 0 Å². The summed E-state index contributed by atoms with van der Waals surface area (Å²) < 4.78 is 10.8. The molecule has 0 aromatic heterocycles. The van der Waals surface area contributed by atoms with Crippen LogP contribution in [0.25, 0.3) is 0 Å². The van der Waals surface area contributed by atoms with Gasteiger partial charge in [0, 0.05) is 17.8 Å². The first-order valence-electron chi connectivity index (χ1n) is 9.86. The molecule has 2 heterocycles. The number of hydrogen-bond acceptors (Lipinski definition) is 5. The van der Waals surface area contributed by atoms with Gasteiger partial charge in [0.05, 0.1) is 25.3 Å². The molecule has 1 aromatic carbocycles. The van der Waals surface area contributed by atoms with E-state index in [2.05, 4.69) is 22.5 Å². The fourth-order valence-electron chi connectivity index (χ4n) is 3.77. The number of nitrogens with zero attached hydrogens (tertiary/aromatic N) is 1. The lowest BCUT2D eigenvalue weighted by molar-refractivity contribution is -0.139. The molecule has 0 aliphatic carbocycles. The van der Waals surface area contributed by atoms with Gasteiger partial charge in [0.15, 0.2) is 0 Å². The molecule has 7 nitrogen and oxygen atoms in total. The summed E-state index contributed by atoms with van der Waals surface area (Å²) in [6.45, 7) is 6.71. The second kappa shape index (κ2) is 9.10. The van der Waals surface area contributed by atoms with Crippen molar-refractivity contribution in [3.63, 3.8) is 0 Å². The highest BCUT2D eigenvalue weighted by atomic mass is 16.5. The zero-order valence-corrected chi connectivity index (χ0v) is 16.8. The van der Waals surface area contributed by atoms with Crippen LogP contribution >= 0.6 is 0 Å². The number of carbonyl (C=O) groups excluding carboxylic acids is 2. The molecule has 1 fully saturated rings. The van der Waals surface area contributed by atoms with Crippen molar-refractivity contribution >= 4 is 12.0 Å².